The lowest BCUT2D eigenvalue weighted by Crippen LogP contribution is -2.51. The molecule has 2 fully saturated rings. The van der Waals surface area contributed by atoms with E-state index in [0.717, 1.165) is 80.0 Å². The molecular formula is C43H51N7O6. The number of hydrogen-bond donors (Lipinski definition) is 3. The molecule has 56 heavy (non-hydrogen) atoms. The zero-order valence-electron chi connectivity index (χ0n) is 33.4. The van der Waals surface area contributed by atoms with E-state index in [1.54, 1.807) is 4.90 Å². The lowest BCUT2D eigenvalue weighted by atomic mass is 9.92. The van der Waals surface area contributed by atoms with Crippen LogP contribution >= 0.6 is 0 Å². The van der Waals surface area contributed by atoms with Crippen LogP contribution in [0, 0.1) is 17.8 Å². The van der Waals surface area contributed by atoms with Gasteiger partial charge in [-0.3, -0.25) is 9.69 Å². The standard InChI is InChI=1S/C43H51N7O6/c1-22(2)36(48-41(52)54-8)40(51)49-19-23(3)14-34(49)39-45-31-12-10-25-16-30-28-11-9-26(15-27(28)21-55-35(30)17-29(25)37(31)47-39)32-18-44-38(46-32)33-13-24(4)20-50(33)42(53)56-43(5,6)7/h9-12,15-18,22-24,33-34,36H,13-14,19-21H2,1-8H3,(H,44,46)(H,45,47)(H,48,52). The van der Waals surface area contributed by atoms with E-state index in [2.05, 4.69) is 65.5 Å². The predicted molar refractivity (Wildman–Crippen MR) is 213 cm³/mol. The van der Waals surface area contributed by atoms with Gasteiger partial charge in [-0.1, -0.05) is 45.9 Å². The number of amides is 3. The zero-order chi connectivity index (χ0) is 39.6. The van der Waals surface area contributed by atoms with E-state index >= 15 is 0 Å². The Morgan fingerprint density at radius 3 is 2.38 bits per heavy atom. The molecule has 0 spiro atoms. The molecule has 0 radical (unpaired) electrons. The maximum atomic E-state index is 13.9. The van der Waals surface area contributed by atoms with Crippen LogP contribution in [-0.4, -0.2) is 79.7 Å². The van der Waals surface area contributed by atoms with Crippen LogP contribution in [0.15, 0.2) is 48.7 Å². The van der Waals surface area contributed by atoms with Gasteiger partial charge in [-0.15, -0.1) is 0 Å². The van der Waals surface area contributed by atoms with Gasteiger partial charge in [0.15, 0.2) is 0 Å². The average molecular weight is 762 g/mol. The summed E-state index contributed by atoms with van der Waals surface area (Å²) in [5.74, 6) is 2.61. The summed E-state index contributed by atoms with van der Waals surface area (Å²) in [4.78, 5) is 59.6. The van der Waals surface area contributed by atoms with Gasteiger partial charge in [0.25, 0.3) is 0 Å². The molecule has 2 saturated heterocycles. The summed E-state index contributed by atoms with van der Waals surface area (Å²) in [5, 5.41) is 4.73. The second-order valence-electron chi connectivity index (χ2n) is 17.2. The van der Waals surface area contributed by atoms with Crippen LogP contribution in [0.5, 0.6) is 5.75 Å². The molecule has 0 bridgehead atoms. The van der Waals surface area contributed by atoms with E-state index in [1.807, 2.05) is 51.8 Å². The van der Waals surface area contributed by atoms with Crippen molar-refractivity contribution in [3.8, 4) is 28.1 Å². The van der Waals surface area contributed by atoms with Crippen molar-refractivity contribution in [1.29, 1.82) is 0 Å². The van der Waals surface area contributed by atoms with Crippen molar-refractivity contribution in [2.45, 2.75) is 91.6 Å². The number of hydrogen-bond acceptors (Lipinski definition) is 8. The summed E-state index contributed by atoms with van der Waals surface area (Å²) in [6.45, 7) is 15.4. The number of aromatic amines is 2. The van der Waals surface area contributed by atoms with Gasteiger partial charge in [-0.25, -0.2) is 19.6 Å². The van der Waals surface area contributed by atoms with Crippen LogP contribution in [0.1, 0.15) is 90.6 Å². The first kappa shape index (κ1) is 37.3. The van der Waals surface area contributed by atoms with Crippen LogP contribution in [0.25, 0.3) is 44.2 Å². The highest BCUT2D eigenvalue weighted by molar-refractivity contribution is 6.07. The van der Waals surface area contributed by atoms with Crippen molar-refractivity contribution in [3.05, 3.63) is 65.9 Å². The van der Waals surface area contributed by atoms with Crippen LogP contribution in [0.4, 0.5) is 9.59 Å². The highest BCUT2D eigenvalue weighted by Gasteiger charge is 2.41. The van der Waals surface area contributed by atoms with Crippen LogP contribution in [-0.2, 0) is 20.9 Å². The fourth-order valence-electron chi connectivity index (χ4n) is 8.54. The van der Waals surface area contributed by atoms with Gasteiger partial charge >= 0.3 is 12.2 Å². The first-order chi connectivity index (χ1) is 26.7. The lowest BCUT2D eigenvalue weighted by molar-refractivity contribution is -0.135. The van der Waals surface area contributed by atoms with Crippen molar-refractivity contribution in [2.24, 2.45) is 17.8 Å². The fourth-order valence-corrected chi connectivity index (χ4v) is 8.54. The number of H-pyrrole nitrogens is 2. The van der Waals surface area contributed by atoms with Crippen molar-refractivity contribution < 1.29 is 28.6 Å². The van der Waals surface area contributed by atoms with Crippen molar-refractivity contribution in [3.63, 3.8) is 0 Å². The van der Waals surface area contributed by atoms with Crippen molar-refractivity contribution >= 4 is 39.9 Å². The van der Waals surface area contributed by atoms with Gasteiger partial charge in [0, 0.05) is 24.0 Å². The first-order valence-electron chi connectivity index (χ1n) is 19.6. The number of carbonyl (C=O) groups is 3. The Morgan fingerprint density at radius 1 is 0.929 bits per heavy atom. The minimum Gasteiger partial charge on any atom is -0.488 e. The second kappa shape index (κ2) is 14.2. The topological polar surface area (TPSA) is 155 Å². The van der Waals surface area contributed by atoms with Gasteiger partial charge in [-0.2, -0.15) is 0 Å². The molecule has 8 rings (SSSR count). The van der Waals surface area contributed by atoms with Gasteiger partial charge in [0.1, 0.15) is 35.6 Å². The van der Waals surface area contributed by atoms with Crippen LogP contribution in [0.2, 0.25) is 0 Å². The number of likely N-dealkylation sites (tertiary alicyclic amines) is 2. The molecule has 5 unspecified atom stereocenters. The Bertz CT molecular complexity index is 2340. The van der Waals surface area contributed by atoms with Crippen molar-refractivity contribution in [2.75, 3.05) is 20.2 Å². The van der Waals surface area contributed by atoms with Crippen LogP contribution in [0.3, 0.4) is 0 Å². The SMILES string of the molecule is COC(=O)NC(C(=O)N1CC(C)CC1c1nc2c(ccc3cc4c(cc32)OCc2cc(-c3cnc(C5CC(C)CN5C(=O)OC(C)(C)C)[nH]3)ccc2-4)[nH]1)C(C)C. The second-order valence-corrected chi connectivity index (χ2v) is 17.2. The number of nitrogens with zero attached hydrogens (tertiary/aromatic N) is 4. The predicted octanol–water partition coefficient (Wildman–Crippen LogP) is 8.27. The molecule has 5 aromatic rings. The molecule has 3 aliphatic heterocycles. The lowest BCUT2D eigenvalue weighted by Gasteiger charge is -2.30. The number of imidazole rings is 2. The summed E-state index contributed by atoms with van der Waals surface area (Å²) in [7, 11) is 1.30. The number of alkyl carbamates (subject to hydrolysis) is 1. The Hall–Kier alpha value is -5.59. The van der Waals surface area contributed by atoms with Crippen molar-refractivity contribution in [1.82, 2.24) is 35.1 Å². The molecule has 3 aromatic carbocycles. The summed E-state index contributed by atoms with van der Waals surface area (Å²) in [5.41, 5.74) is 6.19. The highest BCUT2D eigenvalue weighted by Crippen LogP contribution is 2.44. The van der Waals surface area contributed by atoms with E-state index in [0.29, 0.717) is 25.6 Å². The largest absolute Gasteiger partial charge is 0.488 e. The third kappa shape index (κ3) is 6.92. The Morgan fingerprint density at radius 2 is 1.66 bits per heavy atom. The molecule has 3 amide bonds. The Kier molecular flexibility index (Phi) is 9.45. The Labute approximate surface area is 326 Å². The monoisotopic (exact) mass is 761 g/mol. The summed E-state index contributed by atoms with van der Waals surface area (Å²) >= 11 is 0. The maximum Gasteiger partial charge on any atom is 0.410 e. The molecule has 0 aliphatic carbocycles. The van der Waals surface area contributed by atoms with E-state index < -0.39 is 17.7 Å². The molecule has 2 aromatic heterocycles. The molecule has 13 heteroatoms. The minimum absolute atomic E-state index is 0.122. The number of rotatable bonds is 6. The minimum atomic E-state index is -0.710. The number of benzene rings is 3. The van der Waals surface area contributed by atoms with Gasteiger partial charge < -0.3 is 34.4 Å². The van der Waals surface area contributed by atoms with Crippen LogP contribution < -0.4 is 10.1 Å². The number of carbonyl (C=O) groups excluding carboxylic acids is 3. The third-order valence-corrected chi connectivity index (χ3v) is 11.2. The average Bonchev–Trinajstić information content (AvgIpc) is 3.97. The van der Waals surface area contributed by atoms with Gasteiger partial charge in [-0.05, 0) is 97.7 Å². The summed E-state index contributed by atoms with van der Waals surface area (Å²) in [6.07, 6.45) is 2.47. The van der Waals surface area contributed by atoms with E-state index in [9.17, 15) is 14.4 Å². The maximum absolute atomic E-state index is 13.9. The zero-order valence-corrected chi connectivity index (χ0v) is 33.4. The van der Waals surface area contributed by atoms with E-state index in [-0.39, 0.29) is 35.9 Å². The normalized spacial score (nSPS) is 21.2. The molecular weight excluding hydrogens is 711 g/mol. The van der Waals surface area contributed by atoms with E-state index in [1.165, 1.54) is 7.11 Å². The first-order valence-corrected chi connectivity index (χ1v) is 19.6. The molecule has 5 atom stereocenters. The molecule has 3 N–H and O–H groups in total. The quantitative estimate of drug-likeness (QED) is 0.156. The summed E-state index contributed by atoms with van der Waals surface area (Å²) < 4.78 is 16.9. The Balaban J connectivity index is 1.06. The summed E-state index contributed by atoms with van der Waals surface area (Å²) in [6, 6.07) is 13.6. The molecule has 294 valence electrons. The molecule has 0 saturated carbocycles. The smallest absolute Gasteiger partial charge is 0.410 e. The number of methoxy groups -OCH3 is 1. The fraction of sp³-hybridized carbons (Fsp3) is 0.465. The number of ether oxygens (including phenoxy) is 3. The number of aromatic nitrogens is 4. The molecule has 3 aliphatic rings. The third-order valence-electron chi connectivity index (χ3n) is 11.2. The van der Waals surface area contributed by atoms with Gasteiger partial charge in [0.05, 0.1) is 42.1 Å². The van der Waals surface area contributed by atoms with E-state index in [4.69, 9.17) is 24.2 Å². The molecule has 5 heterocycles. The molecule has 13 nitrogen and oxygen atoms in total. The number of nitrogens with one attached hydrogen (secondary N) is 3. The number of fused-ring (bicyclic) bond motifs is 6. The van der Waals surface area contributed by atoms with Gasteiger partial charge in [0.2, 0.25) is 5.91 Å². The highest BCUT2D eigenvalue weighted by atomic mass is 16.6.